The van der Waals surface area contributed by atoms with E-state index < -0.39 is 24.3 Å². The smallest absolute Gasteiger partial charge is 0.335 e. The molecule has 6 atom stereocenters. The summed E-state index contributed by atoms with van der Waals surface area (Å²) in [6, 6.07) is 0. The van der Waals surface area contributed by atoms with E-state index in [2.05, 4.69) is 6.58 Å². The first-order valence-electron chi connectivity index (χ1n) is 9.93. The van der Waals surface area contributed by atoms with E-state index in [1.807, 2.05) is 0 Å². The van der Waals surface area contributed by atoms with Gasteiger partial charge in [0.25, 0.3) is 0 Å². The summed E-state index contributed by atoms with van der Waals surface area (Å²) in [6.45, 7) is 6.61. The largest absolute Gasteiger partial charge is 0.458 e. The summed E-state index contributed by atoms with van der Waals surface area (Å²) in [5, 5.41) is 9.47. The zero-order chi connectivity index (χ0) is 19.8. The second kappa shape index (κ2) is 10.8. The lowest BCUT2D eigenvalue weighted by Crippen LogP contribution is -2.43. The highest BCUT2D eigenvalue weighted by molar-refractivity contribution is 5.81. The van der Waals surface area contributed by atoms with Crippen molar-refractivity contribution in [3.8, 4) is 0 Å². The number of ether oxygens (including phenoxy) is 4. The van der Waals surface area contributed by atoms with Gasteiger partial charge in [0.15, 0.2) is 12.4 Å². The molecule has 0 aromatic heterocycles. The molecule has 2 aliphatic carbocycles. The molecule has 0 amide bonds. The summed E-state index contributed by atoms with van der Waals surface area (Å²) in [5.41, 5.74) is 0. The minimum Gasteiger partial charge on any atom is -0.458 e. The molecule has 6 unspecified atom stereocenters. The van der Waals surface area contributed by atoms with Crippen molar-refractivity contribution in [2.75, 3.05) is 0 Å². The van der Waals surface area contributed by atoms with Gasteiger partial charge in [0.05, 0.1) is 12.2 Å². The van der Waals surface area contributed by atoms with Crippen LogP contribution in [0.2, 0.25) is 0 Å². The van der Waals surface area contributed by atoms with Gasteiger partial charge >= 0.3 is 11.9 Å². The highest BCUT2D eigenvalue weighted by Crippen LogP contribution is 2.27. The zero-order valence-electron chi connectivity index (χ0n) is 16.3. The third-order valence-corrected chi connectivity index (χ3v) is 5.07. The van der Waals surface area contributed by atoms with E-state index in [9.17, 15) is 14.7 Å². The molecule has 154 valence electrons. The van der Waals surface area contributed by atoms with Gasteiger partial charge in [-0.15, -0.1) is 0 Å². The first kappa shape index (κ1) is 21.9. The molecule has 0 heterocycles. The highest BCUT2D eigenvalue weighted by atomic mass is 16.6. The van der Waals surface area contributed by atoms with Crippen molar-refractivity contribution >= 4 is 11.9 Å². The van der Waals surface area contributed by atoms with Gasteiger partial charge < -0.3 is 24.1 Å². The van der Waals surface area contributed by atoms with Crippen LogP contribution in [0, 0.1) is 0 Å². The van der Waals surface area contributed by atoms with E-state index in [1.54, 1.807) is 13.8 Å². The molecule has 1 N–H and O–H groups in total. The van der Waals surface area contributed by atoms with Crippen LogP contribution < -0.4 is 0 Å². The van der Waals surface area contributed by atoms with E-state index in [-0.39, 0.29) is 24.4 Å². The number of carbonyl (C=O) groups is 2. The van der Waals surface area contributed by atoms with Gasteiger partial charge in [-0.25, -0.2) is 9.59 Å². The van der Waals surface area contributed by atoms with E-state index in [4.69, 9.17) is 18.9 Å². The van der Waals surface area contributed by atoms with Crippen LogP contribution in [0.5, 0.6) is 0 Å². The Balaban J connectivity index is 1.89. The maximum absolute atomic E-state index is 12.5. The Labute approximate surface area is 161 Å². The molecule has 2 aliphatic rings. The molecule has 0 radical (unpaired) electrons. The SMILES string of the molecule is C=CC(=O)OC1CCCCC1OC(C)C(=O)OC1CCCCC1OC(C)O. The Kier molecular flexibility index (Phi) is 8.73. The number of esters is 2. The summed E-state index contributed by atoms with van der Waals surface area (Å²) in [6.07, 6.45) is 4.81. The quantitative estimate of drug-likeness (QED) is 0.391. The van der Waals surface area contributed by atoms with Crippen molar-refractivity contribution in [3.05, 3.63) is 12.7 Å². The maximum atomic E-state index is 12.5. The van der Waals surface area contributed by atoms with Gasteiger partial charge in [0.1, 0.15) is 12.2 Å². The molecule has 0 bridgehead atoms. The Morgan fingerprint density at radius 1 is 0.889 bits per heavy atom. The van der Waals surface area contributed by atoms with Gasteiger partial charge in [0, 0.05) is 6.08 Å². The summed E-state index contributed by atoms with van der Waals surface area (Å²) in [5.74, 6) is -0.938. The summed E-state index contributed by atoms with van der Waals surface area (Å²) >= 11 is 0. The summed E-state index contributed by atoms with van der Waals surface area (Å²) < 4.78 is 22.4. The van der Waals surface area contributed by atoms with E-state index >= 15 is 0 Å². The number of carbonyl (C=O) groups excluding carboxylic acids is 2. The normalized spacial score (nSPS) is 30.8. The van der Waals surface area contributed by atoms with Crippen molar-refractivity contribution in [1.82, 2.24) is 0 Å². The summed E-state index contributed by atoms with van der Waals surface area (Å²) in [4.78, 5) is 24.0. The van der Waals surface area contributed by atoms with Crippen LogP contribution in [-0.4, -0.2) is 53.9 Å². The van der Waals surface area contributed by atoms with Gasteiger partial charge in [-0.3, -0.25) is 0 Å². The predicted octanol–water partition coefficient (Wildman–Crippen LogP) is 2.64. The Morgan fingerprint density at radius 2 is 1.37 bits per heavy atom. The van der Waals surface area contributed by atoms with Gasteiger partial charge in [0.2, 0.25) is 0 Å². The molecule has 0 aromatic carbocycles. The maximum Gasteiger partial charge on any atom is 0.335 e. The van der Waals surface area contributed by atoms with Gasteiger partial charge in [-0.2, -0.15) is 0 Å². The first-order valence-corrected chi connectivity index (χ1v) is 9.93. The molecule has 2 fully saturated rings. The molecule has 2 rings (SSSR count). The van der Waals surface area contributed by atoms with Crippen LogP contribution in [0.25, 0.3) is 0 Å². The van der Waals surface area contributed by atoms with E-state index in [1.165, 1.54) is 0 Å². The molecule has 7 heteroatoms. The molecule has 2 saturated carbocycles. The lowest BCUT2D eigenvalue weighted by Gasteiger charge is -2.34. The monoisotopic (exact) mass is 384 g/mol. The topological polar surface area (TPSA) is 91.3 Å². The minimum atomic E-state index is -0.898. The number of hydrogen-bond acceptors (Lipinski definition) is 7. The number of hydrogen-bond donors (Lipinski definition) is 1. The van der Waals surface area contributed by atoms with Crippen molar-refractivity contribution < 1.29 is 33.6 Å². The number of rotatable bonds is 8. The third kappa shape index (κ3) is 6.90. The minimum absolute atomic E-state index is 0.300. The van der Waals surface area contributed by atoms with Crippen LogP contribution in [0.15, 0.2) is 12.7 Å². The van der Waals surface area contributed by atoms with Gasteiger partial charge in [-0.05, 0) is 52.4 Å². The number of aliphatic hydroxyl groups excluding tert-OH is 1. The predicted molar refractivity (Wildman–Crippen MR) is 97.8 cm³/mol. The third-order valence-electron chi connectivity index (χ3n) is 5.07. The molecule has 0 aliphatic heterocycles. The second-order valence-electron chi connectivity index (χ2n) is 7.31. The molecule has 0 saturated heterocycles. The van der Waals surface area contributed by atoms with E-state index in [0.29, 0.717) is 12.8 Å². The fourth-order valence-corrected chi connectivity index (χ4v) is 3.72. The lowest BCUT2D eigenvalue weighted by molar-refractivity contribution is -0.198. The Bertz CT molecular complexity index is 505. The first-order chi connectivity index (χ1) is 12.9. The molecule has 0 spiro atoms. The standard InChI is InChI=1S/C20H32O7/c1-4-19(22)26-17-11-7-5-9-15(17)24-13(2)20(23)27-18-12-8-6-10-16(18)25-14(3)21/h4,13-18,21H,1,5-12H2,2-3H3. The average Bonchev–Trinajstić information content (AvgIpc) is 2.64. The second-order valence-corrected chi connectivity index (χ2v) is 7.31. The van der Waals surface area contributed by atoms with Crippen LogP contribution in [-0.2, 0) is 28.5 Å². The van der Waals surface area contributed by atoms with Gasteiger partial charge in [-0.1, -0.05) is 19.4 Å². The highest BCUT2D eigenvalue weighted by Gasteiger charge is 2.35. The number of aliphatic hydroxyl groups is 1. The Morgan fingerprint density at radius 3 is 1.89 bits per heavy atom. The molecule has 7 nitrogen and oxygen atoms in total. The Hall–Kier alpha value is -1.44. The fraction of sp³-hybridized carbons (Fsp3) is 0.800. The molecular weight excluding hydrogens is 352 g/mol. The van der Waals surface area contributed by atoms with E-state index in [0.717, 1.165) is 44.6 Å². The van der Waals surface area contributed by atoms with Crippen LogP contribution >= 0.6 is 0 Å². The lowest BCUT2D eigenvalue weighted by atomic mass is 9.94. The van der Waals surface area contributed by atoms with Crippen molar-refractivity contribution in [1.29, 1.82) is 0 Å². The fourth-order valence-electron chi connectivity index (χ4n) is 3.72. The van der Waals surface area contributed by atoms with Crippen LogP contribution in [0.3, 0.4) is 0 Å². The molecular formula is C20H32O7. The summed E-state index contributed by atoms with van der Waals surface area (Å²) in [7, 11) is 0. The van der Waals surface area contributed by atoms with Crippen LogP contribution in [0.4, 0.5) is 0 Å². The van der Waals surface area contributed by atoms with Crippen molar-refractivity contribution in [2.45, 2.75) is 102 Å². The average molecular weight is 384 g/mol. The van der Waals surface area contributed by atoms with Crippen LogP contribution in [0.1, 0.15) is 65.2 Å². The molecule has 0 aromatic rings. The zero-order valence-corrected chi connectivity index (χ0v) is 16.3. The van der Waals surface area contributed by atoms with Crippen molar-refractivity contribution in [3.63, 3.8) is 0 Å². The van der Waals surface area contributed by atoms with Crippen molar-refractivity contribution in [2.24, 2.45) is 0 Å². The molecule has 27 heavy (non-hydrogen) atoms.